The number of nitrogens with zero attached hydrogens (tertiary/aromatic N) is 1. The predicted octanol–water partition coefficient (Wildman–Crippen LogP) is 2.68. The summed E-state index contributed by atoms with van der Waals surface area (Å²) in [5.41, 5.74) is 2.28. The maximum Gasteiger partial charge on any atom is 0.122 e. The van der Waals surface area contributed by atoms with Crippen LogP contribution in [0.25, 0.3) is 0 Å². The van der Waals surface area contributed by atoms with Gasteiger partial charge >= 0.3 is 0 Å². The first kappa shape index (κ1) is 12.4. The zero-order chi connectivity index (χ0) is 12.5. The molecular weight excluding hydrogens is 212 g/mol. The molecule has 0 bridgehead atoms. The van der Waals surface area contributed by atoms with Crippen molar-refractivity contribution in [1.82, 2.24) is 10.3 Å². The van der Waals surface area contributed by atoms with E-state index in [4.69, 9.17) is 4.74 Å². The van der Waals surface area contributed by atoms with Crippen LogP contribution in [0.4, 0.5) is 0 Å². The van der Waals surface area contributed by atoms with Crippen LogP contribution < -0.4 is 10.1 Å². The van der Waals surface area contributed by atoms with Gasteiger partial charge in [0.2, 0.25) is 0 Å². The molecule has 0 aromatic carbocycles. The third-order valence-electron chi connectivity index (χ3n) is 3.54. The Bertz CT molecular complexity index is 397. The van der Waals surface area contributed by atoms with Crippen LogP contribution in [0.2, 0.25) is 0 Å². The molecule has 0 atom stereocenters. The SMILES string of the molecule is COc1cc(C)nc(CNC(C)(C)C2CC2)c1. The van der Waals surface area contributed by atoms with Crippen molar-refractivity contribution in [3.8, 4) is 5.75 Å². The molecule has 17 heavy (non-hydrogen) atoms. The van der Waals surface area contributed by atoms with Crippen molar-refractivity contribution in [2.24, 2.45) is 5.92 Å². The molecule has 0 saturated heterocycles. The maximum atomic E-state index is 5.26. The third-order valence-corrected chi connectivity index (χ3v) is 3.54. The van der Waals surface area contributed by atoms with Crippen LogP contribution in [0.5, 0.6) is 5.75 Å². The van der Waals surface area contributed by atoms with E-state index in [1.54, 1.807) is 7.11 Å². The number of nitrogens with one attached hydrogen (secondary N) is 1. The molecule has 1 aliphatic rings. The average Bonchev–Trinajstić information content (AvgIpc) is 3.10. The highest BCUT2D eigenvalue weighted by Gasteiger charge is 2.37. The van der Waals surface area contributed by atoms with Crippen molar-refractivity contribution in [3.63, 3.8) is 0 Å². The molecule has 0 unspecified atom stereocenters. The Labute approximate surface area is 104 Å². The Balaban J connectivity index is 2.00. The second-order valence-corrected chi connectivity index (χ2v) is 5.49. The fraction of sp³-hybridized carbons (Fsp3) is 0.643. The normalized spacial score (nSPS) is 16.0. The number of methoxy groups -OCH3 is 1. The van der Waals surface area contributed by atoms with Gasteiger partial charge < -0.3 is 10.1 Å². The van der Waals surface area contributed by atoms with Gasteiger partial charge in [-0.25, -0.2) is 0 Å². The number of aryl methyl sites for hydroxylation is 1. The lowest BCUT2D eigenvalue weighted by Gasteiger charge is -2.26. The lowest BCUT2D eigenvalue weighted by Crippen LogP contribution is -2.40. The molecule has 3 nitrogen and oxygen atoms in total. The van der Waals surface area contributed by atoms with E-state index >= 15 is 0 Å². The highest BCUT2D eigenvalue weighted by atomic mass is 16.5. The summed E-state index contributed by atoms with van der Waals surface area (Å²) in [6, 6.07) is 3.96. The molecule has 3 heteroatoms. The molecule has 1 aromatic heterocycles. The summed E-state index contributed by atoms with van der Waals surface area (Å²) in [5, 5.41) is 3.60. The van der Waals surface area contributed by atoms with Crippen molar-refractivity contribution in [2.45, 2.75) is 45.7 Å². The van der Waals surface area contributed by atoms with Crippen LogP contribution in [0.3, 0.4) is 0 Å². The quantitative estimate of drug-likeness (QED) is 0.850. The van der Waals surface area contributed by atoms with Gasteiger partial charge in [-0.2, -0.15) is 0 Å². The summed E-state index contributed by atoms with van der Waals surface area (Å²) >= 11 is 0. The summed E-state index contributed by atoms with van der Waals surface area (Å²) in [6.45, 7) is 7.36. The van der Waals surface area contributed by atoms with Gasteiger partial charge in [-0.15, -0.1) is 0 Å². The number of pyridine rings is 1. The van der Waals surface area contributed by atoms with Gasteiger partial charge in [-0.1, -0.05) is 0 Å². The Morgan fingerprint density at radius 3 is 2.71 bits per heavy atom. The number of ether oxygens (including phenoxy) is 1. The number of hydrogen-bond acceptors (Lipinski definition) is 3. The van der Waals surface area contributed by atoms with Crippen LogP contribution in [0.1, 0.15) is 38.1 Å². The van der Waals surface area contributed by atoms with E-state index in [9.17, 15) is 0 Å². The van der Waals surface area contributed by atoms with Crippen molar-refractivity contribution in [3.05, 3.63) is 23.5 Å². The Morgan fingerprint density at radius 1 is 1.41 bits per heavy atom. The Morgan fingerprint density at radius 2 is 2.12 bits per heavy atom. The predicted molar refractivity (Wildman–Crippen MR) is 69.2 cm³/mol. The van der Waals surface area contributed by atoms with E-state index in [1.807, 2.05) is 19.1 Å². The van der Waals surface area contributed by atoms with Crippen molar-refractivity contribution >= 4 is 0 Å². The van der Waals surface area contributed by atoms with Crippen LogP contribution in [0.15, 0.2) is 12.1 Å². The fourth-order valence-electron chi connectivity index (χ4n) is 2.18. The van der Waals surface area contributed by atoms with Crippen molar-refractivity contribution in [1.29, 1.82) is 0 Å². The molecule has 2 rings (SSSR count). The van der Waals surface area contributed by atoms with Gasteiger partial charge in [0.15, 0.2) is 0 Å². The zero-order valence-corrected chi connectivity index (χ0v) is 11.2. The topological polar surface area (TPSA) is 34.1 Å². The second kappa shape index (κ2) is 4.65. The Kier molecular flexibility index (Phi) is 3.38. The second-order valence-electron chi connectivity index (χ2n) is 5.49. The smallest absolute Gasteiger partial charge is 0.122 e. The lowest BCUT2D eigenvalue weighted by molar-refractivity contribution is 0.337. The Hall–Kier alpha value is -1.09. The van der Waals surface area contributed by atoms with E-state index in [-0.39, 0.29) is 5.54 Å². The van der Waals surface area contributed by atoms with Crippen LogP contribution in [-0.4, -0.2) is 17.6 Å². The van der Waals surface area contributed by atoms with Gasteiger partial charge in [0.25, 0.3) is 0 Å². The van der Waals surface area contributed by atoms with Gasteiger partial charge in [0.1, 0.15) is 5.75 Å². The van der Waals surface area contributed by atoms with E-state index in [1.165, 1.54) is 12.8 Å². The van der Waals surface area contributed by atoms with Crippen LogP contribution in [0, 0.1) is 12.8 Å². The molecule has 1 fully saturated rings. The van der Waals surface area contributed by atoms with Gasteiger partial charge in [0, 0.05) is 29.9 Å². The van der Waals surface area contributed by atoms with E-state index in [2.05, 4.69) is 24.1 Å². The molecule has 0 radical (unpaired) electrons. The van der Waals surface area contributed by atoms with E-state index < -0.39 is 0 Å². The minimum atomic E-state index is 0.221. The molecule has 1 aliphatic carbocycles. The number of hydrogen-bond donors (Lipinski definition) is 1. The first-order valence-electron chi connectivity index (χ1n) is 6.28. The minimum absolute atomic E-state index is 0.221. The number of rotatable bonds is 5. The first-order chi connectivity index (χ1) is 8.01. The minimum Gasteiger partial charge on any atom is -0.497 e. The summed E-state index contributed by atoms with van der Waals surface area (Å²) in [7, 11) is 1.69. The van der Waals surface area contributed by atoms with E-state index in [0.29, 0.717) is 0 Å². The summed E-state index contributed by atoms with van der Waals surface area (Å²) in [6.07, 6.45) is 2.70. The molecule has 0 amide bonds. The van der Waals surface area contributed by atoms with Crippen LogP contribution in [-0.2, 0) is 6.54 Å². The average molecular weight is 234 g/mol. The largest absolute Gasteiger partial charge is 0.497 e. The van der Waals surface area contributed by atoms with Crippen molar-refractivity contribution < 1.29 is 4.74 Å². The monoisotopic (exact) mass is 234 g/mol. The van der Waals surface area contributed by atoms with E-state index in [0.717, 1.165) is 29.6 Å². The lowest BCUT2D eigenvalue weighted by atomic mass is 9.99. The standard InChI is InChI=1S/C14H22N2O/c1-10-7-13(17-4)8-12(16-10)9-15-14(2,3)11-5-6-11/h7-8,11,15H,5-6,9H2,1-4H3. The van der Waals surface area contributed by atoms with Crippen LogP contribution >= 0.6 is 0 Å². The molecule has 1 heterocycles. The molecule has 1 saturated carbocycles. The number of aromatic nitrogens is 1. The molecular formula is C14H22N2O. The zero-order valence-electron chi connectivity index (χ0n) is 11.2. The molecule has 1 N–H and O–H groups in total. The van der Waals surface area contributed by atoms with Gasteiger partial charge in [0.05, 0.1) is 12.8 Å². The third kappa shape index (κ3) is 3.19. The van der Waals surface area contributed by atoms with Gasteiger partial charge in [-0.05, 0) is 39.5 Å². The highest BCUT2D eigenvalue weighted by Crippen LogP contribution is 2.39. The summed E-state index contributed by atoms with van der Waals surface area (Å²) < 4.78 is 5.26. The van der Waals surface area contributed by atoms with Gasteiger partial charge in [-0.3, -0.25) is 4.98 Å². The highest BCUT2D eigenvalue weighted by molar-refractivity contribution is 5.26. The maximum absolute atomic E-state index is 5.26. The molecule has 0 aliphatic heterocycles. The molecule has 1 aromatic rings. The first-order valence-corrected chi connectivity index (χ1v) is 6.28. The summed E-state index contributed by atoms with van der Waals surface area (Å²) in [5.74, 6) is 1.72. The molecule has 94 valence electrons. The van der Waals surface area contributed by atoms with Crippen molar-refractivity contribution in [2.75, 3.05) is 7.11 Å². The summed E-state index contributed by atoms with van der Waals surface area (Å²) in [4.78, 5) is 4.52. The fourth-order valence-corrected chi connectivity index (χ4v) is 2.18. The molecule has 0 spiro atoms.